The molecular formula is C14H13ClFN3O2S. The van der Waals surface area contributed by atoms with Crippen LogP contribution in [0.25, 0.3) is 0 Å². The van der Waals surface area contributed by atoms with Crippen molar-refractivity contribution in [3.8, 4) is 0 Å². The van der Waals surface area contributed by atoms with E-state index in [0.717, 1.165) is 6.07 Å². The van der Waals surface area contributed by atoms with E-state index in [1.807, 2.05) is 0 Å². The molecule has 8 heteroatoms. The van der Waals surface area contributed by atoms with Crippen LogP contribution in [0, 0.1) is 11.2 Å². The van der Waals surface area contributed by atoms with E-state index in [9.17, 15) is 12.8 Å². The summed E-state index contributed by atoms with van der Waals surface area (Å²) in [6.45, 7) is 0. The minimum absolute atomic E-state index is 0.0263. The highest BCUT2D eigenvalue weighted by Crippen LogP contribution is 2.23. The number of hydrogen-bond acceptors (Lipinski definition) is 4. The summed E-state index contributed by atoms with van der Waals surface area (Å²) in [5, 5.41) is 7.99. The molecule has 0 aliphatic rings. The normalized spacial score (nSPS) is 11.2. The Kier molecular flexibility index (Phi) is 4.80. The van der Waals surface area contributed by atoms with Crippen molar-refractivity contribution in [3.63, 3.8) is 0 Å². The summed E-state index contributed by atoms with van der Waals surface area (Å²) < 4.78 is 39.6. The van der Waals surface area contributed by atoms with Gasteiger partial charge in [-0.1, -0.05) is 35.9 Å². The summed E-state index contributed by atoms with van der Waals surface area (Å²) in [6, 6.07) is 11.4. The molecule has 0 spiro atoms. The molecule has 0 saturated heterocycles. The first-order valence-corrected chi connectivity index (χ1v) is 8.02. The fourth-order valence-electron chi connectivity index (χ4n) is 1.88. The highest BCUT2D eigenvalue weighted by Gasteiger charge is 2.29. The van der Waals surface area contributed by atoms with Crippen LogP contribution in [0.3, 0.4) is 0 Å². The van der Waals surface area contributed by atoms with Crippen molar-refractivity contribution in [1.82, 2.24) is 9.84 Å². The zero-order valence-electron chi connectivity index (χ0n) is 11.5. The van der Waals surface area contributed by atoms with Gasteiger partial charge in [0.15, 0.2) is 5.84 Å². The van der Waals surface area contributed by atoms with E-state index < -0.39 is 21.7 Å². The van der Waals surface area contributed by atoms with Crippen molar-refractivity contribution in [3.05, 3.63) is 64.9 Å². The van der Waals surface area contributed by atoms with Crippen LogP contribution in [0.15, 0.2) is 53.4 Å². The number of hydrogen-bond donors (Lipinski definition) is 2. The average Bonchev–Trinajstić information content (AvgIpc) is 2.48. The van der Waals surface area contributed by atoms with Gasteiger partial charge in [-0.25, -0.2) is 9.82 Å². The van der Waals surface area contributed by atoms with E-state index in [-0.39, 0.29) is 15.5 Å². The molecule has 0 aliphatic carbocycles. The second-order valence-corrected chi connectivity index (χ2v) is 6.45. The molecular weight excluding hydrogens is 329 g/mol. The Morgan fingerprint density at radius 1 is 1.18 bits per heavy atom. The van der Waals surface area contributed by atoms with Crippen molar-refractivity contribution >= 4 is 27.5 Å². The quantitative estimate of drug-likeness (QED) is 0.510. The Hall–Kier alpha value is -1.96. The van der Waals surface area contributed by atoms with Crippen molar-refractivity contribution in [2.75, 3.05) is 7.05 Å². The van der Waals surface area contributed by atoms with Crippen LogP contribution >= 0.6 is 11.6 Å². The molecule has 2 aromatic rings. The Labute approximate surface area is 132 Å². The van der Waals surface area contributed by atoms with E-state index in [4.69, 9.17) is 17.0 Å². The summed E-state index contributed by atoms with van der Waals surface area (Å²) in [7, 11) is -2.74. The van der Waals surface area contributed by atoms with E-state index in [1.54, 1.807) is 18.2 Å². The van der Waals surface area contributed by atoms with Crippen LogP contribution in [0.2, 0.25) is 5.02 Å². The number of halogens is 2. The lowest BCUT2D eigenvalue weighted by Gasteiger charge is -2.24. The third kappa shape index (κ3) is 2.96. The summed E-state index contributed by atoms with van der Waals surface area (Å²) in [6.07, 6.45) is 0. The SMILES string of the molecule is CNN(C(=N)c1c(F)cccc1Cl)S(=O)(=O)c1ccccc1. The second-order valence-electron chi connectivity index (χ2n) is 4.25. The predicted molar refractivity (Wildman–Crippen MR) is 82.8 cm³/mol. The molecule has 0 bridgehead atoms. The van der Waals surface area contributed by atoms with Crippen LogP contribution in [-0.2, 0) is 10.0 Å². The molecule has 0 amide bonds. The number of sulfonamides is 1. The van der Waals surface area contributed by atoms with E-state index in [2.05, 4.69) is 5.43 Å². The summed E-state index contributed by atoms with van der Waals surface area (Å²) in [4.78, 5) is -0.0263. The zero-order valence-corrected chi connectivity index (χ0v) is 13.1. The first-order valence-electron chi connectivity index (χ1n) is 6.20. The first-order chi connectivity index (χ1) is 10.4. The van der Waals surface area contributed by atoms with Crippen molar-refractivity contribution in [2.24, 2.45) is 0 Å². The van der Waals surface area contributed by atoms with E-state index >= 15 is 0 Å². The Balaban J connectivity index is 2.51. The van der Waals surface area contributed by atoms with Crippen molar-refractivity contribution in [1.29, 1.82) is 5.41 Å². The largest absolute Gasteiger partial charge is 0.282 e. The van der Waals surface area contributed by atoms with Gasteiger partial charge in [-0.05, 0) is 24.3 Å². The minimum Gasteiger partial charge on any atom is -0.282 e. The lowest BCUT2D eigenvalue weighted by Crippen LogP contribution is -2.45. The Bertz CT molecular complexity index is 777. The molecule has 116 valence electrons. The summed E-state index contributed by atoms with van der Waals surface area (Å²) in [5.74, 6) is -1.38. The smallest absolute Gasteiger partial charge is 0.279 e. The fraction of sp³-hybridized carbons (Fsp3) is 0.0714. The number of benzene rings is 2. The van der Waals surface area contributed by atoms with Crippen molar-refractivity contribution in [2.45, 2.75) is 4.90 Å². The minimum atomic E-state index is -4.06. The Morgan fingerprint density at radius 2 is 1.82 bits per heavy atom. The van der Waals surface area contributed by atoms with Gasteiger partial charge in [0.1, 0.15) is 5.82 Å². The molecule has 0 unspecified atom stereocenters. The molecule has 22 heavy (non-hydrogen) atoms. The van der Waals surface area contributed by atoms with Gasteiger partial charge in [0.2, 0.25) is 0 Å². The van der Waals surface area contributed by atoms with Gasteiger partial charge in [0.05, 0.1) is 15.5 Å². The van der Waals surface area contributed by atoms with Crippen LogP contribution in [-0.4, -0.2) is 25.7 Å². The topological polar surface area (TPSA) is 73.3 Å². The number of hydrazine groups is 1. The average molecular weight is 342 g/mol. The molecule has 2 rings (SSSR count). The van der Waals surface area contributed by atoms with Gasteiger partial charge in [0, 0.05) is 7.05 Å². The standard InChI is InChI=1S/C14H13ClFN3O2S/c1-18-19(22(20,21)10-6-3-2-4-7-10)14(17)13-11(15)8-5-9-12(13)16/h2-9,17-18H,1H3. The number of amidine groups is 1. The van der Waals surface area contributed by atoms with Crippen LogP contribution < -0.4 is 5.43 Å². The molecule has 0 radical (unpaired) electrons. The maximum Gasteiger partial charge on any atom is 0.279 e. The molecule has 5 nitrogen and oxygen atoms in total. The van der Waals surface area contributed by atoms with Gasteiger partial charge in [-0.2, -0.15) is 12.8 Å². The van der Waals surface area contributed by atoms with Gasteiger partial charge in [-0.3, -0.25) is 5.41 Å². The van der Waals surface area contributed by atoms with Gasteiger partial charge in [-0.15, -0.1) is 0 Å². The molecule has 2 aromatic carbocycles. The number of nitrogens with one attached hydrogen (secondary N) is 2. The third-order valence-electron chi connectivity index (χ3n) is 2.89. The number of nitrogens with zero attached hydrogens (tertiary/aromatic N) is 1. The highest BCUT2D eigenvalue weighted by molar-refractivity contribution is 7.89. The molecule has 2 N–H and O–H groups in total. The van der Waals surface area contributed by atoms with Gasteiger partial charge >= 0.3 is 0 Å². The zero-order chi connectivity index (χ0) is 16.3. The molecule has 0 atom stereocenters. The third-order valence-corrected chi connectivity index (χ3v) is 4.92. The van der Waals surface area contributed by atoms with Gasteiger partial charge < -0.3 is 0 Å². The molecule has 0 fully saturated rings. The maximum absolute atomic E-state index is 13.9. The Morgan fingerprint density at radius 3 is 2.36 bits per heavy atom. The lowest BCUT2D eigenvalue weighted by molar-refractivity contribution is 0.465. The summed E-state index contributed by atoms with van der Waals surface area (Å²) in [5.41, 5.74) is 2.10. The molecule has 0 saturated carbocycles. The predicted octanol–water partition coefficient (Wildman–Crippen LogP) is 2.63. The van der Waals surface area contributed by atoms with Gasteiger partial charge in [0.25, 0.3) is 10.0 Å². The highest BCUT2D eigenvalue weighted by atomic mass is 35.5. The van der Waals surface area contributed by atoms with Crippen LogP contribution in [0.1, 0.15) is 5.56 Å². The van der Waals surface area contributed by atoms with E-state index in [1.165, 1.54) is 31.3 Å². The molecule has 0 heterocycles. The monoisotopic (exact) mass is 341 g/mol. The van der Waals surface area contributed by atoms with E-state index in [0.29, 0.717) is 4.41 Å². The van der Waals surface area contributed by atoms with Crippen LogP contribution in [0.4, 0.5) is 4.39 Å². The molecule has 0 aliphatic heterocycles. The summed E-state index contributed by atoms with van der Waals surface area (Å²) >= 11 is 5.89. The fourth-order valence-corrected chi connectivity index (χ4v) is 3.41. The van der Waals surface area contributed by atoms with Crippen LogP contribution in [0.5, 0.6) is 0 Å². The first kappa shape index (κ1) is 16.4. The number of rotatable bonds is 4. The van der Waals surface area contributed by atoms with Crippen molar-refractivity contribution < 1.29 is 12.8 Å². The lowest BCUT2D eigenvalue weighted by atomic mass is 10.2. The molecule has 0 aromatic heterocycles. The second kappa shape index (κ2) is 6.43. The maximum atomic E-state index is 13.9.